The van der Waals surface area contributed by atoms with Crippen LogP contribution in [0.1, 0.15) is 25.3 Å². The summed E-state index contributed by atoms with van der Waals surface area (Å²) in [7, 11) is 0. The van der Waals surface area contributed by atoms with E-state index in [1.807, 2.05) is 6.20 Å². The van der Waals surface area contributed by atoms with Crippen LogP contribution in [0.3, 0.4) is 0 Å². The Hall–Kier alpha value is -1.28. The van der Waals surface area contributed by atoms with Crippen LogP contribution in [-0.2, 0) is 0 Å². The van der Waals surface area contributed by atoms with Crippen LogP contribution in [0.25, 0.3) is 10.9 Å². The van der Waals surface area contributed by atoms with Crippen molar-refractivity contribution in [2.24, 2.45) is 17.1 Å². The molecule has 1 aromatic carbocycles. The number of nitrogens with two attached hydrogens (primary N) is 1. The number of benzene rings is 1. The van der Waals surface area contributed by atoms with Gasteiger partial charge < -0.3 is 10.7 Å². The van der Waals surface area contributed by atoms with E-state index in [0.29, 0.717) is 17.3 Å². The molecule has 1 aliphatic carbocycles. The number of para-hydroxylation sites is 1. The van der Waals surface area contributed by atoms with E-state index in [2.05, 4.69) is 43.1 Å². The van der Waals surface area contributed by atoms with Gasteiger partial charge in [-0.05, 0) is 40.8 Å². The number of fused-ring (bicyclic) bond motifs is 1. The summed E-state index contributed by atoms with van der Waals surface area (Å²) in [5, 5.41) is 1.30. The van der Waals surface area contributed by atoms with Gasteiger partial charge in [0.25, 0.3) is 0 Å². The van der Waals surface area contributed by atoms with Crippen LogP contribution < -0.4 is 5.73 Å². The monoisotopic (exact) mass is 214 g/mol. The first kappa shape index (κ1) is 9.91. The minimum atomic E-state index is 0.355. The van der Waals surface area contributed by atoms with Crippen LogP contribution in [-0.4, -0.2) is 11.5 Å². The zero-order chi connectivity index (χ0) is 11.3. The van der Waals surface area contributed by atoms with Crippen molar-refractivity contribution >= 4 is 10.9 Å². The Kier molecular flexibility index (Phi) is 1.93. The lowest BCUT2D eigenvalue weighted by atomic mass is 10.0. The van der Waals surface area contributed by atoms with E-state index >= 15 is 0 Å². The molecule has 1 fully saturated rings. The second-order valence-electron chi connectivity index (χ2n) is 5.43. The van der Waals surface area contributed by atoms with Gasteiger partial charge in [0.05, 0.1) is 0 Å². The predicted octanol–water partition coefficient (Wildman–Crippen LogP) is 2.87. The Morgan fingerprint density at radius 2 is 2.12 bits per heavy atom. The topological polar surface area (TPSA) is 41.8 Å². The maximum absolute atomic E-state index is 5.85. The van der Waals surface area contributed by atoms with Crippen molar-refractivity contribution in [3.63, 3.8) is 0 Å². The van der Waals surface area contributed by atoms with Gasteiger partial charge in [0, 0.05) is 11.7 Å². The van der Waals surface area contributed by atoms with E-state index in [9.17, 15) is 0 Å². The maximum atomic E-state index is 5.85. The average Bonchev–Trinajstić information content (AvgIpc) is 2.65. The molecule has 0 amide bonds. The van der Waals surface area contributed by atoms with E-state index in [1.54, 1.807) is 0 Å². The third-order valence-electron chi connectivity index (χ3n) is 4.26. The molecule has 1 saturated carbocycles. The molecule has 0 radical (unpaired) electrons. The number of rotatable bonds is 2. The van der Waals surface area contributed by atoms with Crippen molar-refractivity contribution < 1.29 is 0 Å². The lowest BCUT2D eigenvalue weighted by molar-refractivity contribution is 0.559. The zero-order valence-corrected chi connectivity index (χ0v) is 9.83. The highest BCUT2D eigenvalue weighted by Gasteiger charge is 2.57. The fourth-order valence-corrected chi connectivity index (χ4v) is 3.17. The molecule has 1 aromatic heterocycles. The summed E-state index contributed by atoms with van der Waals surface area (Å²) in [5.74, 6) is 1.24. The molecule has 2 nitrogen and oxygen atoms in total. The third-order valence-corrected chi connectivity index (χ3v) is 4.26. The van der Waals surface area contributed by atoms with Gasteiger partial charge in [-0.1, -0.05) is 32.0 Å². The largest absolute Gasteiger partial charge is 0.361 e. The van der Waals surface area contributed by atoms with E-state index in [1.165, 1.54) is 16.5 Å². The first-order valence-electron chi connectivity index (χ1n) is 5.92. The molecular weight excluding hydrogens is 196 g/mol. The number of nitrogens with one attached hydrogen (secondary N) is 1. The molecule has 2 aromatic rings. The molecule has 2 atom stereocenters. The van der Waals surface area contributed by atoms with Gasteiger partial charge in [0.1, 0.15) is 0 Å². The standard InChI is InChI=1S/C14H18N2/c1-14(2)11(8-15)12(14)10-5-3-4-9-6-7-16-13(9)10/h3-7,11-12,16H,8,15H2,1-2H3/t11-,12-/m0/s1. The van der Waals surface area contributed by atoms with Crippen molar-refractivity contribution in [1.82, 2.24) is 4.98 Å². The Balaban J connectivity index is 2.11. The van der Waals surface area contributed by atoms with Crippen molar-refractivity contribution in [3.8, 4) is 0 Å². The lowest BCUT2D eigenvalue weighted by Gasteiger charge is -2.04. The predicted molar refractivity (Wildman–Crippen MR) is 67.4 cm³/mol. The van der Waals surface area contributed by atoms with Crippen molar-refractivity contribution in [3.05, 3.63) is 36.0 Å². The highest BCUT2D eigenvalue weighted by Crippen LogP contribution is 2.64. The highest BCUT2D eigenvalue weighted by molar-refractivity contribution is 5.83. The summed E-state index contributed by atoms with van der Waals surface area (Å²) < 4.78 is 0. The number of aromatic nitrogens is 1. The number of hydrogen-bond donors (Lipinski definition) is 2. The molecule has 84 valence electrons. The van der Waals surface area contributed by atoms with Crippen LogP contribution in [0.2, 0.25) is 0 Å². The molecule has 0 saturated heterocycles. The van der Waals surface area contributed by atoms with Gasteiger partial charge in [0.2, 0.25) is 0 Å². The lowest BCUT2D eigenvalue weighted by Crippen LogP contribution is -2.05. The molecular formula is C14H18N2. The Bertz CT molecular complexity index is 524. The molecule has 16 heavy (non-hydrogen) atoms. The van der Waals surface area contributed by atoms with Gasteiger partial charge in [-0.3, -0.25) is 0 Å². The van der Waals surface area contributed by atoms with Crippen molar-refractivity contribution in [1.29, 1.82) is 0 Å². The number of aromatic amines is 1. The van der Waals surface area contributed by atoms with Crippen LogP contribution in [0.5, 0.6) is 0 Å². The summed E-state index contributed by atoms with van der Waals surface area (Å²) >= 11 is 0. The van der Waals surface area contributed by atoms with Crippen LogP contribution in [0.15, 0.2) is 30.5 Å². The van der Waals surface area contributed by atoms with Crippen molar-refractivity contribution in [2.45, 2.75) is 19.8 Å². The quantitative estimate of drug-likeness (QED) is 0.793. The fourth-order valence-electron chi connectivity index (χ4n) is 3.17. The van der Waals surface area contributed by atoms with Gasteiger partial charge in [-0.2, -0.15) is 0 Å². The van der Waals surface area contributed by atoms with Gasteiger partial charge >= 0.3 is 0 Å². The third kappa shape index (κ3) is 1.17. The fraction of sp³-hybridized carbons (Fsp3) is 0.429. The normalized spacial score (nSPS) is 27.2. The maximum Gasteiger partial charge on any atom is 0.0489 e. The van der Waals surface area contributed by atoms with Crippen molar-refractivity contribution in [2.75, 3.05) is 6.54 Å². The summed E-state index contributed by atoms with van der Waals surface area (Å²) in [5.41, 5.74) is 8.92. The molecule has 1 heterocycles. The van der Waals surface area contributed by atoms with Gasteiger partial charge in [-0.25, -0.2) is 0 Å². The van der Waals surface area contributed by atoms with E-state index in [0.717, 1.165) is 6.54 Å². The summed E-state index contributed by atoms with van der Waals surface area (Å²) in [6.45, 7) is 5.42. The molecule has 3 rings (SSSR count). The molecule has 0 spiro atoms. The minimum absolute atomic E-state index is 0.355. The summed E-state index contributed by atoms with van der Waals surface area (Å²) in [6.07, 6.45) is 2.01. The molecule has 2 heteroatoms. The molecule has 0 bridgehead atoms. The van der Waals surface area contributed by atoms with E-state index in [-0.39, 0.29) is 0 Å². The first-order chi connectivity index (χ1) is 7.66. The number of hydrogen-bond acceptors (Lipinski definition) is 1. The number of H-pyrrole nitrogens is 1. The van der Waals surface area contributed by atoms with Crippen LogP contribution >= 0.6 is 0 Å². The second-order valence-corrected chi connectivity index (χ2v) is 5.43. The minimum Gasteiger partial charge on any atom is -0.361 e. The summed E-state index contributed by atoms with van der Waals surface area (Å²) in [6, 6.07) is 8.67. The summed E-state index contributed by atoms with van der Waals surface area (Å²) in [4.78, 5) is 3.35. The zero-order valence-electron chi connectivity index (χ0n) is 9.83. The molecule has 0 aliphatic heterocycles. The average molecular weight is 214 g/mol. The Morgan fingerprint density at radius 1 is 1.31 bits per heavy atom. The van der Waals surface area contributed by atoms with Crippen LogP contribution in [0, 0.1) is 11.3 Å². The van der Waals surface area contributed by atoms with Crippen LogP contribution in [0.4, 0.5) is 0 Å². The highest BCUT2D eigenvalue weighted by atomic mass is 14.7. The van der Waals surface area contributed by atoms with E-state index < -0.39 is 0 Å². The Morgan fingerprint density at radius 3 is 2.81 bits per heavy atom. The first-order valence-corrected chi connectivity index (χ1v) is 5.92. The smallest absolute Gasteiger partial charge is 0.0489 e. The SMILES string of the molecule is CC1(C)[C@@H](CN)[C@@H]1c1cccc2cc[nH]c12. The van der Waals surface area contributed by atoms with E-state index in [4.69, 9.17) is 5.73 Å². The Labute approximate surface area is 95.8 Å². The van der Waals surface area contributed by atoms with Gasteiger partial charge in [-0.15, -0.1) is 0 Å². The molecule has 3 N–H and O–H groups in total. The molecule has 1 aliphatic rings. The van der Waals surface area contributed by atoms with Gasteiger partial charge in [0.15, 0.2) is 0 Å². The second kappa shape index (κ2) is 3.11. The molecule has 0 unspecified atom stereocenters.